The predicted octanol–water partition coefficient (Wildman–Crippen LogP) is -7.91. The Balaban J connectivity index is 1.71. The van der Waals surface area contributed by atoms with Crippen molar-refractivity contribution in [2.45, 2.75) is 123 Å². The molecule has 350 valence electrons. The molecule has 0 saturated carbocycles. The van der Waals surface area contributed by atoms with Crippen molar-refractivity contribution in [2.75, 3.05) is 26.4 Å². The molecule has 0 aromatic heterocycles. The van der Waals surface area contributed by atoms with Gasteiger partial charge in [-0.15, -0.1) is 0 Å². The van der Waals surface area contributed by atoms with E-state index in [9.17, 15) is 95.7 Å². The quantitative estimate of drug-likeness (QED) is 0.0453. The number of aliphatic hydroxyl groups is 11. The minimum atomic E-state index is -3.27. The van der Waals surface area contributed by atoms with Crippen molar-refractivity contribution in [1.82, 2.24) is 10.6 Å². The molecule has 28 heteroatoms. The number of nitrogens with zero attached hydrogens (tertiary/aromatic N) is 1. The van der Waals surface area contributed by atoms with E-state index >= 15 is 0 Å². The Hall–Kier alpha value is -4.34. The minimum absolute atomic E-state index is 0.162. The van der Waals surface area contributed by atoms with Crippen LogP contribution in [0.2, 0.25) is 0 Å². The number of carbonyl (C=O) groups excluding carboxylic acids is 2. The van der Waals surface area contributed by atoms with Crippen LogP contribution in [0.5, 0.6) is 5.75 Å². The summed E-state index contributed by atoms with van der Waals surface area (Å²) in [7, 11) is 0. The molecule has 3 heterocycles. The van der Waals surface area contributed by atoms with Gasteiger partial charge in [-0.1, -0.05) is 0 Å². The highest BCUT2D eigenvalue weighted by Gasteiger charge is 2.62. The third-order valence-corrected chi connectivity index (χ3v) is 10.2. The van der Waals surface area contributed by atoms with Crippen molar-refractivity contribution in [2.24, 2.45) is 0 Å². The fourth-order valence-electron chi connectivity index (χ4n) is 7.13. The van der Waals surface area contributed by atoms with Gasteiger partial charge in [0.05, 0.1) is 49.0 Å². The van der Waals surface area contributed by atoms with Crippen LogP contribution < -0.4 is 15.4 Å². The summed E-state index contributed by atoms with van der Waals surface area (Å²) in [4.78, 5) is 60.6. The standard InChI is InChI=1S/C34H49N3O25/c1-12(42)35-21-15(43)7-34(32(53)54,62-29-24(48)18(9-39)58-30(26(29)50)57-14-4-2-13(3-5-14)37(55)56)61-28(21)25(49)19(10-40)59-33(31(51)52)6-16(44)22(36-20(46)11-41)27(60-33)23(47)17(45)8-38/h2-5,15-19,21-30,38-41,43-45,47-50H,6-11H2,1H3,(H,35,42)(H,36,46)(H,51,52)(H,53,54)/t15-,16-,17?,18+,19?,21+,22+,23?,24-,25?,26+,27+,28+,29-,30+,33+,34-/m0/s1. The first kappa shape index (κ1) is 50.3. The molecule has 0 bridgehead atoms. The van der Waals surface area contributed by atoms with Gasteiger partial charge in [0.25, 0.3) is 17.3 Å². The molecule has 0 aliphatic carbocycles. The lowest BCUT2D eigenvalue weighted by Crippen LogP contribution is -2.71. The van der Waals surface area contributed by atoms with Crippen molar-refractivity contribution < 1.29 is 119 Å². The monoisotopic (exact) mass is 899 g/mol. The average Bonchev–Trinajstić information content (AvgIpc) is 3.23. The number of non-ortho nitro benzene ring substituents is 1. The Labute approximate surface area is 348 Å². The summed E-state index contributed by atoms with van der Waals surface area (Å²) in [5.41, 5.74) is -0.354. The largest absolute Gasteiger partial charge is 0.477 e. The highest BCUT2D eigenvalue weighted by Crippen LogP contribution is 2.40. The number of nitrogens with one attached hydrogen (secondary N) is 2. The molecule has 1 aromatic rings. The predicted molar refractivity (Wildman–Crippen MR) is 192 cm³/mol. The van der Waals surface area contributed by atoms with E-state index < -0.39 is 171 Å². The third kappa shape index (κ3) is 10.9. The first-order valence-electron chi connectivity index (χ1n) is 18.6. The van der Waals surface area contributed by atoms with Crippen molar-refractivity contribution in [3.05, 3.63) is 34.4 Å². The molecule has 3 saturated heterocycles. The third-order valence-electron chi connectivity index (χ3n) is 10.2. The highest BCUT2D eigenvalue weighted by atomic mass is 16.8. The van der Waals surface area contributed by atoms with Crippen molar-refractivity contribution in [3.8, 4) is 5.75 Å². The Morgan fingerprint density at radius 1 is 0.839 bits per heavy atom. The van der Waals surface area contributed by atoms with Gasteiger partial charge in [0.2, 0.25) is 18.1 Å². The molecular formula is C34H49N3O25. The number of nitro groups is 1. The zero-order valence-corrected chi connectivity index (χ0v) is 32.4. The van der Waals surface area contributed by atoms with Crippen LogP contribution in [0, 0.1) is 10.1 Å². The molecule has 3 fully saturated rings. The van der Waals surface area contributed by atoms with Crippen LogP contribution in [0.1, 0.15) is 19.8 Å². The number of aliphatic hydroxyl groups excluding tert-OH is 11. The molecule has 2 amide bonds. The lowest BCUT2D eigenvalue weighted by molar-refractivity contribution is -0.384. The van der Waals surface area contributed by atoms with Gasteiger partial charge < -0.3 is 105 Å². The molecule has 17 atom stereocenters. The molecular weight excluding hydrogens is 850 g/mol. The maximum Gasteiger partial charge on any atom is 0.364 e. The number of nitro benzene ring substituents is 1. The summed E-state index contributed by atoms with van der Waals surface area (Å²) in [6.07, 6.45) is -30.6. The molecule has 4 unspecified atom stereocenters. The van der Waals surface area contributed by atoms with E-state index in [1.807, 2.05) is 0 Å². The first-order valence-corrected chi connectivity index (χ1v) is 18.6. The second-order valence-corrected chi connectivity index (χ2v) is 14.5. The van der Waals surface area contributed by atoms with E-state index in [4.69, 9.17) is 28.4 Å². The summed E-state index contributed by atoms with van der Waals surface area (Å²) in [5.74, 6) is -13.1. The van der Waals surface area contributed by atoms with Crippen molar-refractivity contribution in [1.29, 1.82) is 0 Å². The lowest BCUT2D eigenvalue weighted by Gasteiger charge is -2.51. The van der Waals surface area contributed by atoms with Gasteiger partial charge in [0.15, 0.2) is 0 Å². The van der Waals surface area contributed by atoms with E-state index in [-0.39, 0.29) is 11.4 Å². The maximum atomic E-state index is 13.1. The number of amides is 2. The van der Waals surface area contributed by atoms with Gasteiger partial charge in [-0.05, 0) is 12.1 Å². The van der Waals surface area contributed by atoms with Crippen LogP contribution >= 0.6 is 0 Å². The SMILES string of the molecule is CC(=O)N[C@@H]1[C@@H](O)C[C@](O[C@H]2[C@@H](O)[C@@H](CO)O[C@@H](Oc3ccc([N+](=O)[O-])cc3)[C@@H]2O)(C(=O)O)O[C@H]1C(O)C(CO)O[C@]1(C(=O)O)C[C@H](O)[C@@H](NC(=O)CO)[C@H](C(O)C(O)CO)O1. The topological polar surface area (TPSA) is 454 Å². The number of benzene rings is 1. The normalized spacial score (nSPS) is 35.7. The summed E-state index contributed by atoms with van der Waals surface area (Å²) in [6, 6.07) is 0.556. The first-order chi connectivity index (χ1) is 29.1. The zero-order chi connectivity index (χ0) is 46.4. The molecule has 4 rings (SSSR count). The Morgan fingerprint density at radius 3 is 1.89 bits per heavy atom. The van der Waals surface area contributed by atoms with Crippen molar-refractivity contribution in [3.63, 3.8) is 0 Å². The second kappa shape index (κ2) is 20.9. The summed E-state index contributed by atoms with van der Waals surface area (Å²) < 4.78 is 33.4. The van der Waals surface area contributed by atoms with E-state index in [1.165, 1.54) is 0 Å². The lowest BCUT2D eigenvalue weighted by atomic mass is 9.87. The molecule has 3 aliphatic rings. The van der Waals surface area contributed by atoms with E-state index in [1.54, 1.807) is 0 Å². The summed E-state index contributed by atoms with van der Waals surface area (Å²) in [5, 5.41) is 153. The number of ether oxygens (including phenoxy) is 6. The Kier molecular flexibility index (Phi) is 17.0. The van der Waals surface area contributed by atoms with Crippen LogP contribution in [0.25, 0.3) is 0 Å². The fraction of sp³-hybridized carbons (Fsp3) is 0.706. The van der Waals surface area contributed by atoms with E-state index in [0.717, 1.165) is 31.2 Å². The number of rotatable bonds is 19. The van der Waals surface area contributed by atoms with Crippen LogP contribution in [-0.4, -0.2) is 225 Å². The van der Waals surface area contributed by atoms with Crippen molar-refractivity contribution >= 4 is 29.4 Å². The molecule has 0 radical (unpaired) electrons. The zero-order valence-electron chi connectivity index (χ0n) is 32.4. The molecule has 15 N–H and O–H groups in total. The smallest absolute Gasteiger partial charge is 0.364 e. The van der Waals surface area contributed by atoms with Gasteiger partial charge in [0.1, 0.15) is 73.4 Å². The fourth-order valence-corrected chi connectivity index (χ4v) is 7.13. The minimum Gasteiger partial charge on any atom is -0.477 e. The number of carboxylic acids is 2. The van der Waals surface area contributed by atoms with E-state index in [2.05, 4.69) is 10.6 Å². The van der Waals surface area contributed by atoms with E-state index in [0.29, 0.717) is 0 Å². The van der Waals surface area contributed by atoms with Gasteiger partial charge >= 0.3 is 11.9 Å². The summed E-state index contributed by atoms with van der Waals surface area (Å²) in [6.45, 7) is -3.87. The molecule has 62 heavy (non-hydrogen) atoms. The second-order valence-electron chi connectivity index (χ2n) is 14.5. The van der Waals surface area contributed by atoms with Gasteiger partial charge in [-0.25, -0.2) is 9.59 Å². The Morgan fingerprint density at radius 2 is 1.39 bits per heavy atom. The van der Waals surface area contributed by atoms with Crippen LogP contribution in [0.4, 0.5) is 5.69 Å². The number of carbonyl (C=O) groups is 4. The van der Waals surface area contributed by atoms with Gasteiger partial charge in [-0.2, -0.15) is 0 Å². The van der Waals surface area contributed by atoms with Crippen LogP contribution in [0.15, 0.2) is 24.3 Å². The number of aliphatic carboxylic acids is 2. The molecule has 1 aromatic carbocycles. The highest BCUT2D eigenvalue weighted by molar-refractivity contribution is 5.78. The van der Waals surface area contributed by atoms with Gasteiger partial charge in [0, 0.05) is 31.9 Å². The van der Waals surface area contributed by atoms with Crippen LogP contribution in [-0.2, 0) is 42.9 Å². The average molecular weight is 900 g/mol. The van der Waals surface area contributed by atoms with Gasteiger partial charge in [-0.3, -0.25) is 19.7 Å². The number of hydrogen-bond donors (Lipinski definition) is 15. The summed E-state index contributed by atoms with van der Waals surface area (Å²) >= 11 is 0. The molecule has 0 spiro atoms. The number of hydrogen-bond acceptors (Lipinski definition) is 23. The number of carboxylic acid groups (broad SMARTS) is 2. The molecule has 3 aliphatic heterocycles. The molecule has 28 nitrogen and oxygen atoms in total. The van der Waals surface area contributed by atoms with Crippen LogP contribution in [0.3, 0.4) is 0 Å². The Bertz CT molecular complexity index is 1730. The maximum absolute atomic E-state index is 13.1.